The Morgan fingerprint density at radius 3 is 2.53 bits per heavy atom. The van der Waals surface area contributed by atoms with Gasteiger partial charge in [-0.05, 0) is 24.3 Å². The van der Waals surface area contributed by atoms with Crippen molar-refractivity contribution in [1.29, 1.82) is 0 Å². The second-order valence-electron chi connectivity index (χ2n) is 3.25. The minimum atomic E-state index is 0.564. The Balaban J connectivity index is 2.11. The van der Waals surface area contributed by atoms with Crippen LogP contribution in [0.2, 0.25) is 10.0 Å². The molecule has 2 rings (SSSR count). The monoisotopic (exact) mass is 265 g/mol. The highest BCUT2D eigenvalue weighted by Gasteiger charge is 2.01. The van der Waals surface area contributed by atoms with Crippen molar-refractivity contribution in [3.8, 4) is 0 Å². The van der Waals surface area contributed by atoms with E-state index in [9.17, 15) is 0 Å². The number of pyridine rings is 1. The van der Waals surface area contributed by atoms with Gasteiger partial charge in [0.15, 0.2) is 0 Å². The molecule has 3 nitrogen and oxygen atoms in total. The fourth-order valence-electron chi connectivity index (χ4n) is 1.23. The topological polar surface area (TPSA) is 37.3 Å². The molecule has 17 heavy (non-hydrogen) atoms. The second kappa shape index (κ2) is 5.66. The largest absolute Gasteiger partial charge is 0.277 e. The Bertz CT molecular complexity index is 506. The van der Waals surface area contributed by atoms with E-state index in [0.29, 0.717) is 15.6 Å². The highest BCUT2D eigenvalue weighted by Crippen LogP contribution is 2.22. The molecule has 0 unspecified atom stereocenters. The predicted octanol–water partition coefficient (Wildman–Crippen LogP) is 3.83. The van der Waals surface area contributed by atoms with Gasteiger partial charge in [0.25, 0.3) is 0 Å². The van der Waals surface area contributed by atoms with Crippen LogP contribution >= 0.6 is 23.2 Å². The summed E-state index contributed by atoms with van der Waals surface area (Å²) in [5, 5.41) is 5.18. The Kier molecular flexibility index (Phi) is 3.96. The maximum Gasteiger partial charge on any atom is 0.0745 e. The molecule has 86 valence electrons. The molecule has 0 fully saturated rings. The summed E-state index contributed by atoms with van der Waals surface area (Å²) >= 11 is 12.0. The Labute approximate surface area is 109 Å². The average Bonchev–Trinajstić information content (AvgIpc) is 2.34. The molecule has 0 aliphatic carbocycles. The molecular weight excluding hydrogens is 257 g/mol. The summed E-state index contributed by atoms with van der Waals surface area (Å²) in [4.78, 5) is 3.96. The average molecular weight is 266 g/mol. The van der Waals surface area contributed by atoms with Gasteiger partial charge in [0.05, 0.1) is 28.1 Å². The first kappa shape index (κ1) is 11.9. The van der Waals surface area contributed by atoms with Crippen LogP contribution in [0, 0.1) is 0 Å². The summed E-state index contributed by atoms with van der Waals surface area (Å²) in [5.41, 5.74) is 4.32. The lowest BCUT2D eigenvalue weighted by molar-refractivity contribution is 1.27. The zero-order valence-electron chi connectivity index (χ0n) is 8.77. The van der Waals surface area contributed by atoms with Crippen molar-refractivity contribution in [1.82, 2.24) is 4.98 Å². The number of nitrogens with one attached hydrogen (secondary N) is 1. The van der Waals surface area contributed by atoms with Gasteiger partial charge in [0.1, 0.15) is 0 Å². The third-order valence-corrected chi connectivity index (χ3v) is 2.71. The number of hydrogen-bond donors (Lipinski definition) is 1. The minimum Gasteiger partial charge on any atom is -0.277 e. The Morgan fingerprint density at radius 2 is 1.88 bits per heavy atom. The van der Waals surface area contributed by atoms with Crippen LogP contribution in [-0.4, -0.2) is 11.2 Å². The molecule has 0 aliphatic rings. The smallest absolute Gasteiger partial charge is 0.0745 e. The van der Waals surface area contributed by atoms with E-state index in [-0.39, 0.29) is 0 Å². The molecule has 0 saturated carbocycles. The third kappa shape index (κ3) is 3.19. The zero-order valence-corrected chi connectivity index (χ0v) is 10.3. The number of hydrogen-bond acceptors (Lipinski definition) is 3. The maximum atomic E-state index is 6.00. The van der Waals surface area contributed by atoms with Crippen molar-refractivity contribution in [3.05, 3.63) is 58.3 Å². The molecular formula is C12H9Cl2N3. The lowest BCUT2D eigenvalue weighted by Crippen LogP contribution is -1.92. The van der Waals surface area contributed by atoms with Crippen LogP contribution < -0.4 is 5.43 Å². The first-order valence-electron chi connectivity index (χ1n) is 4.90. The van der Waals surface area contributed by atoms with E-state index in [1.807, 2.05) is 12.1 Å². The first-order valence-corrected chi connectivity index (χ1v) is 5.66. The maximum absolute atomic E-state index is 6.00. The van der Waals surface area contributed by atoms with Crippen LogP contribution in [0.5, 0.6) is 0 Å². The Morgan fingerprint density at radius 1 is 1.12 bits per heavy atom. The lowest BCUT2D eigenvalue weighted by Gasteiger charge is -2.01. The van der Waals surface area contributed by atoms with E-state index in [4.69, 9.17) is 23.2 Å². The number of aromatic nitrogens is 1. The van der Waals surface area contributed by atoms with Gasteiger partial charge in [-0.3, -0.25) is 10.4 Å². The van der Waals surface area contributed by atoms with Crippen molar-refractivity contribution in [2.75, 3.05) is 5.43 Å². The van der Waals surface area contributed by atoms with E-state index in [0.717, 1.165) is 5.69 Å². The Hall–Kier alpha value is -1.58. The number of halogens is 2. The van der Waals surface area contributed by atoms with E-state index >= 15 is 0 Å². The molecule has 0 atom stereocenters. The SMILES string of the molecule is Clc1cccc(Cl)c1C=NNc1cccnc1. The molecule has 0 saturated heterocycles. The van der Waals surface area contributed by atoms with Crippen LogP contribution in [-0.2, 0) is 0 Å². The fraction of sp³-hybridized carbons (Fsp3) is 0. The molecule has 0 bridgehead atoms. The number of rotatable bonds is 3. The molecule has 2 aromatic rings. The standard InChI is InChI=1S/C12H9Cl2N3/c13-11-4-1-5-12(14)10(11)8-16-17-9-3-2-6-15-7-9/h1-8,17H. The van der Waals surface area contributed by atoms with Crippen molar-refractivity contribution < 1.29 is 0 Å². The van der Waals surface area contributed by atoms with Crippen LogP contribution in [0.25, 0.3) is 0 Å². The van der Waals surface area contributed by atoms with Crippen molar-refractivity contribution in [2.45, 2.75) is 0 Å². The van der Waals surface area contributed by atoms with Gasteiger partial charge < -0.3 is 0 Å². The van der Waals surface area contributed by atoms with Gasteiger partial charge >= 0.3 is 0 Å². The third-order valence-electron chi connectivity index (χ3n) is 2.05. The summed E-state index contributed by atoms with van der Waals surface area (Å²) in [6.45, 7) is 0. The van der Waals surface area contributed by atoms with Crippen molar-refractivity contribution in [2.24, 2.45) is 5.10 Å². The molecule has 1 aromatic heterocycles. The van der Waals surface area contributed by atoms with Gasteiger partial charge in [-0.25, -0.2) is 0 Å². The van der Waals surface area contributed by atoms with Gasteiger partial charge in [-0.1, -0.05) is 29.3 Å². The summed E-state index contributed by atoms with van der Waals surface area (Å²) < 4.78 is 0. The quantitative estimate of drug-likeness (QED) is 0.677. The minimum absolute atomic E-state index is 0.564. The van der Waals surface area contributed by atoms with E-state index in [1.54, 1.807) is 36.8 Å². The normalized spacial score (nSPS) is 10.7. The fourth-order valence-corrected chi connectivity index (χ4v) is 1.73. The molecule has 1 N–H and O–H groups in total. The number of hydrazone groups is 1. The van der Waals surface area contributed by atoms with Gasteiger partial charge in [0.2, 0.25) is 0 Å². The molecule has 0 spiro atoms. The summed E-state index contributed by atoms with van der Waals surface area (Å²) in [7, 11) is 0. The second-order valence-corrected chi connectivity index (χ2v) is 4.06. The van der Waals surface area contributed by atoms with Gasteiger partial charge in [-0.2, -0.15) is 5.10 Å². The van der Waals surface area contributed by atoms with Crippen LogP contribution in [0.1, 0.15) is 5.56 Å². The lowest BCUT2D eigenvalue weighted by atomic mass is 10.2. The summed E-state index contributed by atoms with van der Waals surface area (Å²) in [6, 6.07) is 8.99. The van der Waals surface area contributed by atoms with Crippen molar-refractivity contribution >= 4 is 35.1 Å². The van der Waals surface area contributed by atoms with E-state index in [2.05, 4.69) is 15.5 Å². The zero-order chi connectivity index (χ0) is 12.1. The predicted molar refractivity (Wildman–Crippen MR) is 71.9 cm³/mol. The van der Waals surface area contributed by atoms with Gasteiger partial charge in [0, 0.05) is 11.8 Å². The summed E-state index contributed by atoms with van der Waals surface area (Å²) in [6.07, 6.45) is 4.95. The number of nitrogens with zero attached hydrogens (tertiary/aromatic N) is 2. The number of benzene rings is 1. The van der Waals surface area contributed by atoms with Crippen molar-refractivity contribution in [3.63, 3.8) is 0 Å². The van der Waals surface area contributed by atoms with Crippen LogP contribution in [0.15, 0.2) is 47.8 Å². The first-order chi connectivity index (χ1) is 8.27. The molecule has 1 heterocycles. The molecule has 5 heteroatoms. The molecule has 0 aliphatic heterocycles. The highest BCUT2D eigenvalue weighted by atomic mass is 35.5. The molecule has 1 aromatic carbocycles. The molecule has 0 amide bonds. The van der Waals surface area contributed by atoms with Crippen LogP contribution in [0.3, 0.4) is 0 Å². The van der Waals surface area contributed by atoms with Crippen LogP contribution in [0.4, 0.5) is 5.69 Å². The highest BCUT2D eigenvalue weighted by molar-refractivity contribution is 6.38. The summed E-state index contributed by atoms with van der Waals surface area (Å²) in [5.74, 6) is 0. The number of anilines is 1. The molecule has 0 radical (unpaired) electrons. The van der Waals surface area contributed by atoms with Gasteiger partial charge in [-0.15, -0.1) is 0 Å². The van der Waals surface area contributed by atoms with E-state index in [1.165, 1.54) is 0 Å². The van der Waals surface area contributed by atoms with E-state index < -0.39 is 0 Å².